The first-order valence-electron chi connectivity index (χ1n) is 5.21. The van der Waals surface area contributed by atoms with Crippen LogP contribution in [0.1, 0.15) is 45.8 Å². The quantitative estimate of drug-likeness (QED) is 0.730. The molecule has 0 aromatic carbocycles. The van der Waals surface area contributed by atoms with E-state index in [1.165, 1.54) is 23.3 Å². The van der Waals surface area contributed by atoms with Gasteiger partial charge in [-0.05, 0) is 37.3 Å². The molecule has 0 atom stereocenters. The van der Waals surface area contributed by atoms with Crippen LogP contribution in [0.5, 0.6) is 0 Å². The van der Waals surface area contributed by atoms with Gasteiger partial charge < -0.3 is 4.90 Å². The minimum atomic E-state index is 0.249. The van der Waals surface area contributed by atoms with Gasteiger partial charge in [-0.2, -0.15) is 0 Å². The summed E-state index contributed by atoms with van der Waals surface area (Å²) in [5, 5.41) is 0. The molecule has 0 unspecified atom stereocenters. The minimum Gasteiger partial charge on any atom is -0.334 e. The standard InChI is InChI=1S/C11H13NOS/c1-2-12-6-8-5-9(7-3-4-7)14-10(8)11(12)13/h5,7H,2-4,6H2,1H3. The summed E-state index contributed by atoms with van der Waals surface area (Å²) in [6.45, 7) is 3.71. The van der Waals surface area contributed by atoms with Gasteiger partial charge in [0.1, 0.15) is 0 Å². The highest BCUT2D eigenvalue weighted by Gasteiger charge is 2.33. The Morgan fingerprint density at radius 2 is 2.36 bits per heavy atom. The summed E-state index contributed by atoms with van der Waals surface area (Å²) in [4.78, 5) is 16.2. The molecule has 2 nitrogen and oxygen atoms in total. The smallest absolute Gasteiger partial charge is 0.264 e. The molecule has 0 spiro atoms. The van der Waals surface area contributed by atoms with Crippen LogP contribution in [0.3, 0.4) is 0 Å². The Morgan fingerprint density at radius 3 is 2.93 bits per heavy atom. The van der Waals surface area contributed by atoms with Crippen molar-refractivity contribution in [2.75, 3.05) is 6.54 Å². The third-order valence-corrected chi connectivity index (χ3v) is 4.36. The molecule has 2 heterocycles. The molecule has 0 radical (unpaired) electrons. The molecule has 1 aliphatic carbocycles. The van der Waals surface area contributed by atoms with Gasteiger partial charge in [0.05, 0.1) is 4.88 Å². The minimum absolute atomic E-state index is 0.249. The van der Waals surface area contributed by atoms with Crippen molar-refractivity contribution in [2.45, 2.75) is 32.2 Å². The highest BCUT2D eigenvalue weighted by molar-refractivity contribution is 7.14. The lowest BCUT2D eigenvalue weighted by atomic mass is 10.2. The van der Waals surface area contributed by atoms with Crippen LogP contribution in [0.15, 0.2) is 6.07 Å². The van der Waals surface area contributed by atoms with Crippen molar-refractivity contribution in [3.63, 3.8) is 0 Å². The monoisotopic (exact) mass is 207 g/mol. The van der Waals surface area contributed by atoms with Crippen LogP contribution < -0.4 is 0 Å². The normalized spacial score (nSPS) is 20.4. The van der Waals surface area contributed by atoms with Crippen molar-refractivity contribution in [1.29, 1.82) is 0 Å². The lowest BCUT2D eigenvalue weighted by Crippen LogP contribution is -2.22. The fraction of sp³-hybridized carbons (Fsp3) is 0.545. The van der Waals surface area contributed by atoms with Crippen LogP contribution in [-0.2, 0) is 6.54 Å². The number of carbonyl (C=O) groups excluding carboxylic acids is 1. The summed E-state index contributed by atoms with van der Waals surface area (Å²) in [7, 11) is 0. The molecular weight excluding hydrogens is 194 g/mol. The first-order valence-corrected chi connectivity index (χ1v) is 6.03. The van der Waals surface area contributed by atoms with Crippen LogP contribution >= 0.6 is 11.3 Å². The summed E-state index contributed by atoms with van der Waals surface area (Å²) in [6.07, 6.45) is 2.65. The van der Waals surface area contributed by atoms with E-state index in [1.54, 1.807) is 11.3 Å². The van der Waals surface area contributed by atoms with E-state index in [0.29, 0.717) is 0 Å². The third kappa shape index (κ3) is 1.12. The second-order valence-electron chi connectivity index (χ2n) is 4.10. The van der Waals surface area contributed by atoms with Crippen LogP contribution in [0, 0.1) is 0 Å². The lowest BCUT2D eigenvalue weighted by Gasteiger charge is -2.11. The van der Waals surface area contributed by atoms with E-state index < -0.39 is 0 Å². The van der Waals surface area contributed by atoms with Crippen molar-refractivity contribution in [3.8, 4) is 0 Å². The fourth-order valence-electron chi connectivity index (χ4n) is 1.99. The predicted molar refractivity (Wildman–Crippen MR) is 56.7 cm³/mol. The Kier molecular flexibility index (Phi) is 1.71. The van der Waals surface area contributed by atoms with Gasteiger partial charge in [0, 0.05) is 18.0 Å². The molecule has 0 saturated heterocycles. The number of rotatable bonds is 2. The van der Waals surface area contributed by atoms with Crippen molar-refractivity contribution >= 4 is 17.2 Å². The van der Waals surface area contributed by atoms with Crippen molar-refractivity contribution < 1.29 is 4.79 Å². The van der Waals surface area contributed by atoms with Crippen molar-refractivity contribution in [1.82, 2.24) is 4.90 Å². The predicted octanol–water partition coefficient (Wildman–Crippen LogP) is 2.60. The Hall–Kier alpha value is -0.830. The number of fused-ring (bicyclic) bond motifs is 1. The molecule has 74 valence electrons. The average Bonchev–Trinajstić information content (AvgIpc) is 2.88. The maximum atomic E-state index is 11.8. The Bertz CT molecular complexity index is 392. The van der Waals surface area contributed by atoms with Gasteiger partial charge >= 0.3 is 0 Å². The number of amides is 1. The largest absolute Gasteiger partial charge is 0.334 e. The first kappa shape index (κ1) is 8.48. The molecule has 1 aliphatic heterocycles. The van der Waals surface area contributed by atoms with Gasteiger partial charge in [0.15, 0.2) is 0 Å². The van der Waals surface area contributed by atoms with Gasteiger partial charge in [-0.15, -0.1) is 11.3 Å². The van der Waals surface area contributed by atoms with E-state index in [9.17, 15) is 4.79 Å². The second-order valence-corrected chi connectivity index (χ2v) is 5.18. The first-order chi connectivity index (χ1) is 6.79. The van der Waals surface area contributed by atoms with E-state index >= 15 is 0 Å². The number of thiophene rings is 1. The van der Waals surface area contributed by atoms with E-state index in [0.717, 1.165) is 23.9 Å². The molecule has 1 fully saturated rings. The number of hydrogen-bond donors (Lipinski definition) is 0. The topological polar surface area (TPSA) is 20.3 Å². The summed E-state index contributed by atoms with van der Waals surface area (Å²) < 4.78 is 0. The van der Waals surface area contributed by atoms with E-state index in [2.05, 4.69) is 6.07 Å². The second kappa shape index (κ2) is 2.83. The van der Waals surface area contributed by atoms with Gasteiger partial charge in [0.25, 0.3) is 5.91 Å². The van der Waals surface area contributed by atoms with Gasteiger partial charge in [0.2, 0.25) is 0 Å². The third-order valence-electron chi connectivity index (χ3n) is 3.03. The Morgan fingerprint density at radius 1 is 1.57 bits per heavy atom. The molecule has 1 saturated carbocycles. The zero-order valence-electron chi connectivity index (χ0n) is 8.25. The van der Waals surface area contributed by atoms with Crippen LogP contribution in [0.2, 0.25) is 0 Å². The van der Waals surface area contributed by atoms with Gasteiger partial charge in [-0.25, -0.2) is 0 Å². The van der Waals surface area contributed by atoms with Crippen molar-refractivity contribution in [2.24, 2.45) is 0 Å². The molecule has 2 aliphatic rings. The van der Waals surface area contributed by atoms with Crippen LogP contribution in [-0.4, -0.2) is 17.4 Å². The highest BCUT2D eigenvalue weighted by atomic mass is 32.1. The highest BCUT2D eigenvalue weighted by Crippen LogP contribution is 2.45. The van der Waals surface area contributed by atoms with Crippen LogP contribution in [0.25, 0.3) is 0 Å². The summed E-state index contributed by atoms with van der Waals surface area (Å²) in [5.41, 5.74) is 1.27. The maximum Gasteiger partial charge on any atom is 0.264 e. The fourth-order valence-corrected chi connectivity index (χ4v) is 3.30. The molecule has 1 amide bonds. The van der Waals surface area contributed by atoms with E-state index in [4.69, 9.17) is 0 Å². The number of carbonyl (C=O) groups is 1. The average molecular weight is 207 g/mol. The molecular formula is C11H13NOS. The molecule has 0 N–H and O–H groups in total. The molecule has 14 heavy (non-hydrogen) atoms. The summed E-state index contributed by atoms with van der Waals surface area (Å²) >= 11 is 1.73. The summed E-state index contributed by atoms with van der Waals surface area (Å²) in [5.74, 6) is 1.04. The SMILES string of the molecule is CCN1Cc2cc(C3CC3)sc2C1=O. The number of hydrogen-bond acceptors (Lipinski definition) is 2. The Labute approximate surface area is 87.5 Å². The Balaban J connectivity index is 1.94. The van der Waals surface area contributed by atoms with E-state index in [-0.39, 0.29) is 5.91 Å². The molecule has 1 aromatic rings. The number of nitrogens with zero attached hydrogens (tertiary/aromatic N) is 1. The molecule has 1 aromatic heterocycles. The van der Waals surface area contributed by atoms with Crippen LogP contribution in [0.4, 0.5) is 0 Å². The van der Waals surface area contributed by atoms with Gasteiger partial charge in [-0.3, -0.25) is 4.79 Å². The zero-order valence-corrected chi connectivity index (χ0v) is 9.06. The zero-order chi connectivity index (χ0) is 9.71. The molecule has 0 bridgehead atoms. The van der Waals surface area contributed by atoms with Crippen molar-refractivity contribution in [3.05, 3.63) is 21.4 Å². The lowest BCUT2D eigenvalue weighted by molar-refractivity contribution is 0.0790. The molecule has 3 heteroatoms. The van der Waals surface area contributed by atoms with Gasteiger partial charge in [-0.1, -0.05) is 0 Å². The summed E-state index contributed by atoms with van der Waals surface area (Å²) in [6, 6.07) is 2.26. The maximum absolute atomic E-state index is 11.8. The molecule has 3 rings (SSSR count). The van der Waals surface area contributed by atoms with E-state index in [1.807, 2.05) is 11.8 Å².